The zero-order valence-electron chi connectivity index (χ0n) is 17.2. The number of amides is 3. The van der Waals surface area contributed by atoms with Crippen LogP contribution in [0.3, 0.4) is 0 Å². The van der Waals surface area contributed by atoms with Crippen molar-refractivity contribution >= 4 is 23.6 Å². The second-order valence-corrected chi connectivity index (χ2v) is 8.04. The topological polar surface area (TPSA) is 118 Å². The highest BCUT2D eigenvalue weighted by Gasteiger charge is 2.56. The molecule has 3 heterocycles. The summed E-state index contributed by atoms with van der Waals surface area (Å²) in [4.78, 5) is 39.9. The van der Waals surface area contributed by atoms with E-state index in [0.29, 0.717) is 23.6 Å². The van der Waals surface area contributed by atoms with E-state index in [9.17, 15) is 14.9 Å². The molecule has 4 rings (SSSR count). The number of aliphatic imine (C=N–C) groups is 2. The highest BCUT2D eigenvalue weighted by atomic mass is 16.2. The van der Waals surface area contributed by atoms with Gasteiger partial charge in [0.15, 0.2) is 11.4 Å². The highest BCUT2D eigenvalue weighted by Crippen LogP contribution is 2.35. The minimum Gasteiger partial charge on any atom is -0.339 e. The summed E-state index contributed by atoms with van der Waals surface area (Å²) in [6, 6.07) is 8.89. The largest absolute Gasteiger partial charge is 0.339 e. The van der Waals surface area contributed by atoms with Gasteiger partial charge in [0.2, 0.25) is 5.96 Å². The van der Waals surface area contributed by atoms with Crippen molar-refractivity contribution < 1.29 is 9.59 Å². The fraction of sp³-hybridized carbons (Fsp3) is 0.476. The van der Waals surface area contributed by atoms with Gasteiger partial charge in [-0.15, -0.1) is 0 Å². The van der Waals surface area contributed by atoms with Crippen molar-refractivity contribution in [1.29, 1.82) is 5.26 Å². The maximum Gasteiger partial charge on any atom is 0.328 e. The lowest BCUT2D eigenvalue weighted by Crippen LogP contribution is -2.66. The summed E-state index contributed by atoms with van der Waals surface area (Å²) >= 11 is 0. The van der Waals surface area contributed by atoms with Gasteiger partial charge < -0.3 is 10.6 Å². The quantitative estimate of drug-likeness (QED) is 0.783. The Hall–Kier alpha value is -3.25. The summed E-state index contributed by atoms with van der Waals surface area (Å²) < 4.78 is 0. The SMILES string of the molecule is CN1C(=O)C2=NC(N3CCCCC(N)C3)=NC2(Cc2ccccc2C#N)N(C)C1=O. The van der Waals surface area contributed by atoms with E-state index in [1.54, 1.807) is 19.2 Å². The number of hydrogen-bond donors (Lipinski definition) is 1. The predicted molar refractivity (Wildman–Crippen MR) is 112 cm³/mol. The van der Waals surface area contributed by atoms with Crippen LogP contribution in [-0.4, -0.2) is 77.2 Å². The van der Waals surface area contributed by atoms with Gasteiger partial charge in [0.05, 0.1) is 11.6 Å². The van der Waals surface area contributed by atoms with Crippen LogP contribution in [0.2, 0.25) is 0 Å². The molecule has 0 aromatic heterocycles. The third kappa shape index (κ3) is 3.13. The van der Waals surface area contributed by atoms with Crippen LogP contribution in [0.15, 0.2) is 34.3 Å². The van der Waals surface area contributed by atoms with E-state index in [1.165, 1.54) is 11.9 Å². The smallest absolute Gasteiger partial charge is 0.328 e. The van der Waals surface area contributed by atoms with E-state index in [2.05, 4.69) is 11.1 Å². The molecule has 9 nitrogen and oxygen atoms in total. The van der Waals surface area contributed by atoms with Crippen LogP contribution in [0.4, 0.5) is 4.79 Å². The Bertz CT molecular complexity index is 995. The van der Waals surface area contributed by atoms with E-state index in [4.69, 9.17) is 10.7 Å². The second kappa shape index (κ2) is 7.54. The highest BCUT2D eigenvalue weighted by molar-refractivity contribution is 6.48. The summed E-state index contributed by atoms with van der Waals surface area (Å²) in [5.74, 6) is -0.0366. The van der Waals surface area contributed by atoms with Gasteiger partial charge in [-0.05, 0) is 24.5 Å². The molecule has 156 valence electrons. The number of nitriles is 1. The molecule has 30 heavy (non-hydrogen) atoms. The molecule has 3 amide bonds. The normalized spacial score (nSPS) is 26.7. The molecule has 2 N–H and O–H groups in total. The van der Waals surface area contributed by atoms with Crippen LogP contribution >= 0.6 is 0 Å². The van der Waals surface area contributed by atoms with Crippen molar-refractivity contribution in [3.8, 4) is 6.07 Å². The molecule has 0 bridgehead atoms. The molecular formula is C21H25N7O2. The number of guanidine groups is 1. The second-order valence-electron chi connectivity index (χ2n) is 8.04. The van der Waals surface area contributed by atoms with Crippen molar-refractivity contribution in [3.63, 3.8) is 0 Å². The number of carbonyl (C=O) groups is 2. The molecule has 2 unspecified atom stereocenters. The number of carbonyl (C=O) groups excluding carboxylic acids is 2. The van der Waals surface area contributed by atoms with Gasteiger partial charge in [-0.2, -0.15) is 5.26 Å². The third-order valence-corrected chi connectivity index (χ3v) is 6.08. The van der Waals surface area contributed by atoms with Gasteiger partial charge in [0.1, 0.15) is 0 Å². The third-order valence-electron chi connectivity index (χ3n) is 6.08. The Morgan fingerprint density at radius 3 is 2.80 bits per heavy atom. The average molecular weight is 407 g/mol. The van der Waals surface area contributed by atoms with E-state index >= 15 is 0 Å². The minimum absolute atomic E-state index is 0.00558. The van der Waals surface area contributed by atoms with Gasteiger partial charge in [-0.3, -0.25) is 14.6 Å². The van der Waals surface area contributed by atoms with E-state index < -0.39 is 17.6 Å². The van der Waals surface area contributed by atoms with E-state index in [-0.39, 0.29) is 18.2 Å². The summed E-state index contributed by atoms with van der Waals surface area (Å²) in [7, 11) is 3.06. The lowest BCUT2D eigenvalue weighted by atomic mass is 9.89. The van der Waals surface area contributed by atoms with Crippen LogP contribution in [0.25, 0.3) is 0 Å². The summed E-state index contributed by atoms with van der Waals surface area (Å²) in [5, 5.41) is 9.52. The van der Waals surface area contributed by atoms with Gasteiger partial charge >= 0.3 is 6.03 Å². The standard InChI is InChI=1S/C21H25N7O2/c1-26-18(29)17-21(27(2)20(26)30,11-14-7-3-4-8-15(14)12-22)25-19(24-17)28-10-6-5-9-16(23)13-28/h3-4,7-8,16H,5-6,9-11,13,23H2,1-2H3. The molecule has 3 aliphatic heterocycles. The monoisotopic (exact) mass is 407 g/mol. The van der Waals surface area contributed by atoms with Crippen molar-refractivity contribution in [2.75, 3.05) is 27.2 Å². The number of likely N-dealkylation sites (tertiary alicyclic amines) is 1. The Labute approximate surface area is 175 Å². The first-order valence-corrected chi connectivity index (χ1v) is 10.1. The maximum absolute atomic E-state index is 13.0. The number of fused-ring (bicyclic) bond motifs is 1. The number of nitrogens with zero attached hydrogens (tertiary/aromatic N) is 6. The average Bonchev–Trinajstić information content (AvgIpc) is 3.00. The van der Waals surface area contributed by atoms with E-state index in [0.717, 1.165) is 30.7 Å². The number of benzene rings is 1. The summed E-state index contributed by atoms with van der Waals surface area (Å²) in [6.45, 7) is 1.35. The Morgan fingerprint density at radius 2 is 2.03 bits per heavy atom. The molecule has 1 aromatic carbocycles. The lowest BCUT2D eigenvalue weighted by molar-refractivity contribution is -0.122. The molecule has 2 fully saturated rings. The first-order chi connectivity index (χ1) is 14.4. The Balaban J connectivity index is 1.81. The van der Waals surface area contributed by atoms with Crippen LogP contribution in [0.1, 0.15) is 30.4 Å². The first-order valence-electron chi connectivity index (χ1n) is 10.1. The van der Waals surface area contributed by atoms with Crippen LogP contribution in [0.5, 0.6) is 0 Å². The van der Waals surface area contributed by atoms with Gasteiger partial charge in [-0.25, -0.2) is 14.8 Å². The van der Waals surface area contributed by atoms with Crippen LogP contribution in [0, 0.1) is 11.3 Å². The Kier molecular flexibility index (Phi) is 5.03. The van der Waals surface area contributed by atoms with E-state index in [1.807, 2.05) is 17.0 Å². The fourth-order valence-electron chi connectivity index (χ4n) is 4.30. The number of imide groups is 1. The number of likely N-dealkylation sites (N-methyl/N-ethyl adjacent to an activating group) is 1. The van der Waals surface area contributed by atoms with Gasteiger partial charge in [0.25, 0.3) is 5.91 Å². The molecule has 0 radical (unpaired) electrons. The van der Waals surface area contributed by atoms with Gasteiger partial charge in [0, 0.05) is 39.6 Å². The molecule has 0 aliphatic carbocycles. The minimum atomic E-state index is -1.28. The van der Waals surface area contributed by atoms with Crippen molar-refractivity contribution in [3.05, 3.63) is 35.4 Å². The summed E-state index contributed by atoms with van der Waals surface area (Å²) in [5.41, 5.74) is 6.33. The Morgan fingerprint density at radius 1 is 1.27 bits per heavy atom. The number of rotatable bonds is 2. The van der Waals surface area contributed by atoms with Crippen molar-refractivity contribution in [2.45, 2.75) is 37.4 Å². The molecule has 2 atom stereocenters. The number of urea groups is 1. The molecular weight excluding hydrogens is 382 g/mol. The van der Waals surface area contributed by atoms with Gasteiger partial charge in [-0.1, -0.05) is 24.6 Å². The molecule has 0 spiro atoms. The molecule has 1 aromatic rings. The predicted octanol–water partition coefficient (Wildman–Crippen LogP) is 0.945. The number of nitrogens with two attached hydrogens (primary N) is 1. The molecule has 3 aliphatic rings. The zero-order chi connectivity index (χ0) is 21.5. The van der Waals surface area contributed by atoms with Crippen LogP contribution in [-0.2, 0) is 11.2 Å². The molecule has 9 heteroatoms. The van der Waals surface area contributed by atoms with Crippen molar-refractivity contribution in [2.24, 2.45) is 15.7 Å². The van der Waals surface area contributed by atoms with Crippen molar-refractivity contribution in [1.82, 2.24) is 14.7 Å². The zero-order valence-corrected chi connectivity index (χ0v) is 17.2. The lowest BCUT2D eigenvalue weighted by Gasteiger charge is -2.42. The first kappa shape index (κ1) is 20.0. The number of hydrogen-bond acceptors (Lipinski definition) is 7. The summed E-state index contributed by atoms with van der Waals surface area (Å²) in [6.07, 6.45) is 3.12. The molecule has 0 saturated carbocycles. The molecule has 2 saturated heterocycles. The van der Waals surface area contributed by atoms with Crippen LogP contribution < -0.4 is 5.73 Å². The fourth-order valence-corrected chi connectivity index (χ4v) is 4.30. The maximum atomic E-state index is 13.0.